The van der Waals surface area contributed by atoms with Crippen LogP contribution in [0.2, 0.25) is 0 Å². The Labute approximate surface area is 294 Å². The van der Waals surface area contributed by atoms with E-state index in [0.29, 0.717) is 58.6 Å². The standard InChI is InChI=1S/C31H33FN6O5.K.H/c1-4-7-26-24(28(39)37(29-33-17-34-38(26)29)20-14-21(15-20)42-16-31(2,3)41)12-19-11-10-18(13-25(19)32)22-8-5-6-9-23(22)27-35-30(40)43-36-27;;/h5-6,8-11,13,17,20-21,41H,4,7,12,14-16H2,1-3H3,(H,35,36,40);;/t20-,21-;;. The van der Waals surface area contributed by atoms with Gasteiger partial charge in [0.2, 0.25) is 5.78 Å². The summed E-state index contributed by atoms with van der Waals surface area (Å²) in [5, 5.41) is 18.2. The van der Waals surface area contributed by atoms with Crippen molar-refractivity contribution in [2.75, 3.05) is 6.61 Å². The second-order valence-corrected chi connectivity index (χ2v) is 11.7. The summed E-state index contributed by atoms with van der Waals surface area (Å²) >= 11 is 0. The van der Waals surface area contributed by atoms with Gasteiger partial charge in [0.25, 0.3) is 5.56 Å². The monoisotopic (exact) mass is 628 g/mol. The van der Waals surface area contributed by atoms with E-state index >= 15 is 4.39 Å². The molecule has 0 spiro atoms. The molecule has 13 heteroatoms. The Bertz CT molecular complexity index is 1900. The second-order valence-electron chi connectivity index (χ2n) is 11.7. The zero-order valence-corrected chi connectivity index (χ0v) is 24.2. The van der Waals surface area contributed by atoms with Crippen molar-refractivity contribution >= 4 is 57.2 Å². The molecular formula is C31H34FKN6O5. The van der Waals surface area contributed by atoms with Gasteiger partial charge >= 0.3 is 57.1 Å². The van der Waals surface area contributed by atoms with Gasteiger partial charge in [0.05, 0.1) is 24.0 Å². The van der Waals surface area contributed by atoms with Crippen LogP contribution in [0.4, 0.5) is 4.39 Å². The van der Waals surface area contributed by atoms with Gasteiger partial charge in [0.15, 0.2) is 5.82 Å². The first-order valence-electron chi connectivity index (χ1n) is 14.4. The Hall–Kier alpha value is -2.78. The molecule has 1 fully saturated rings. The quantitative estimate of drug-likeness (QED) is 0.224. The topological polar surface area (TPSA) is 141 Å². The van der Waals surface area contributed by atoms with E-state index in [4.69, 9.17) is 4.74 Å². The van der Waals surface area contributed by atoms with Gasteiger partial charge in [0, 0.05) is 23.6 Å². The van der Waals surface area contributed by atoms with E-state index in [1.165, 1.54) is 12.4 Å². The Balaban J connectivity index is 0.00000384. The number of aromatic amines is 1. The normalized spacial score (nSPS) is 16.6. The number of halogens is 1. The molecule has 226 valence electrons. The number of fused-ring (bicyclic) bond motifs is 1. The van der Waals surface area contributed by atoms with E-state index < -0.39 is 17.2 Å². The Morgan fingerprint density at radius 1 is 1.16 bits per heavy atom. The van der Waals surface area contributed by atoms with Gasteiger partial charge in [-0.3, -0.25) is 18.9 Å². The van der Waals surface area contributed by atoms with Crippen molar-refractivity contribution in [3.63, 3.8) is 0 Å². The maximum atomic E-state index is 15.8. The molecule has 3 heterocycles. The van der Waals surface area contributed by atoms with Crippen LogP contribution in [0.3, 0.4) is 0 Å². The zero-order valence-electron chi connectivity index (χ0n) is 24.2. The fourth-order valence-electron chi connectivity index (χ4n) is 5.62. The molecule has 2 N–H and O–H groups in total. The minimum absolute atomic E-state index is 0. The first kappa shape index (κ1) is 32.6. The maximum absolute atomic E-state index is 15.8. The number of aryl methyl sites for hydroxylation is 1. The van der Waals surface area contributed by atoms with Crippen LogP contribution < -0.4 is 11.3 Å². The van der Waals surface area contributed by atoms with Crippen molar-refractivity contribution < 1.29 is 18.8 Å². The SMILES string of the molecule is CCCc1c(Cc2ccc(-c3ccccc3-c3noc(=O)[nH]3)cc2F)c(=O)n([C@H]2C[C@H](OCC(C)(C)O)C2)c2ncnn12.[KH]. The first-order valence-corrected chi connectivity index (χ1v) is 14.4. The molecule has 0 saturated heterocycles. The van der Waals surface area contributed by atoms with Crippen molar-refractivity contribution in [3.8, 4) is 22.5 Å². The van der Waals surface area contributed by atoms with Crippen LogP contribution in [0.1, 0.15) is 62.9 Å². The second kappa shape index (κ2) is 13.3. The summed E-state index contributed by atoms with van der Waals surface area (Å²) in [7, 11) is 0. The van der Waals surface area contributed by atoms with Crippen LogP contribution in [0.5, 0.6) is 0 Å². The molecule has 0 radical (unpaired) electrons. The van der Waals surface area contributed by atoms with E-state index in [-0.39, 0.29) is 87.9 Å². The van der Waals surface area contributed by atoms with E-state index in [0.717, 1.165) is 6.42 Å². The third-order valence-electron chi connectivity index (χ3n) is 7.77. The number of aliphatic hydroxyl groups is 1. The summed E-state index contributed by atoms with van der Waals surface area (Å²) in [4.78, 5) is 32.5. The molecule has 0 unspecified atom stereocenters. The van der Waals surface area contributed by atoms with Crippen molar-refractivity contribution in [2.24, 2.45) is 0 Å². The van der Waals surface area contributed by atoms with E-state index in [2.05, 4.69) is 24.7 Å². The minimum atomic E-state index is -0.937. The van der Waals surface area contributed by atoms with Gasteiger partial charge < -0.3 is 9.84 Å². The van der Waals surface area contributed by atoms with Gasteiger partial charge in [-0.25, -0.2) is 13.7 Å². The Kier molecular flexibility index (Phi) is 9.85. The molecular weight excluding hydrogens is 594 g/mol. The number of nitrogens with one attached hydrogen (secondary N) is 1. The molecule has 6 rings (SSSR count). The molecule has 0 atom stereocenters. The van der Waals surface area contributed by atoms with E-state index in [1.54, 1.807) is 47.2 Å². The van der Waals surface area contributed by atoms with E-state index in [1.807, 2.05) is 19.1 Å². The van der Waals surface area contributed by atoms with Crippen molar-refractivity contribution in [1.29, 1.82) is 0 Å². The van der Waals surface area contributed by atoms with Gasteiger partial charge in [-0.1, -0.05) is 54.9 Å². The van der Waals surface area contributed by atoms with Crippen LogP contribution in [0.15, 0.2) is 62.9 Å². The summed E-state index contributed by atoms with van der Waals surface area (Å²) in [6.45, 7) is 5.60. The predicted octanol–water partition coefficient (Wildman–Crippen LogP) is 3.43. The summed E-state index contributed by atoms with van der Waals surface area (Å²) in [5.41, 5.74) is 2.27. The first-order chi connectivity index (χ1) is 20.6. The average Bonchev–Trinajstić information content (AvgIpc) is 3.61. The van der Waals surface area contributed by atoms with Crippen molar-refractivity contribution in [1.82, 2.24) is 29.3 Å². The van der Waals surface area contributed by atoms with Gasteiger partial charge in [-0.2, -0.15) is 10.1 Å². The third-order valence-corrected chi connectivity index (χ3v) is 7.77. The van der Waals surface area contributed by atoms with Crippen LogP contribution >= 0.6 is 0 Å². The number of rotatable bonds is 10. The molecule has 1 aliphatic carbocycles. The zero-order chi connectivity index (χ0) is 30.3. The Morgan fingerprint density at radius 3 is 2.57 bits per heavy atom. The summed E-state index contributed by atoms with van der Waals surface area (Å²) in [6, 6.07) is 11.9. The Morgan fingerprint density at radius 2 is 1.91 bits per heavy atom. The number of aromatic nitrogens is 6. The summed E-state index contributed by atoms with van der Waals surface area (Å²) in [6.07, 6.45) is 3.99. The average molecular weight is 629 g/mol. The van der Waals surface area contributed by atoms with Gasteiger partial charge in [-0.05, 0) is 55.9 Å². The predicted molar refractivity (Wildman–Crippen MR) is 163 cm³/mol. The fourth-order valence-corrected chi connectivity index (χ4v) is 5.62. The van der Waals surface area contributed by atoms with Crippen molar-refractivity contribution in [2.45, 2.75) is 70.6 Å². The fraction of sp³-hybridized carbons (Fsp3) is 0.387. The van der Waals surface area contributed by atoms with Crippen molar-refractivity contribution in [3.05, 3.63) is 92.3 Å². The van der Waals surface area contributed by atoms with Crippen LogP contribution in [0, 0.1) is 5.82 Å². The number of nitrogens with zero attached hydrogens (tertiary/aromatic N) is 5. The van der Waals surface area contributed by atoms with Gasteiger partial charge in [-0.15, -0.1) is 0 Å². The number of H-pyrrole nitrogens is 1. The molecule has 1 saturated carbocycles. The number of hydrogen-bond donors (Lipinski definition) is 2. The number of hydrogen-bond acceptors (Lipinski definition) is 8. The molecule has 0 bridgehead atoms. The molecule has 5 aromatic rings. The summed E-state index contributed by atoms with van der Waals surface area (Å²) < 4.78 is 29.6. The molecule has 0 amide bonds. The number of ether oxygens (including phenoxy) is 1. The summed E-state index contributed by atoms with van der Waals surface area (Å²) in [5.74, 6) is -0.429. The van der Waals surface area contributed by atoms with Crippen LogP contribution in [-0.4, -0.2) is 104 Å². The number of benzene rings is 2. The van der Waals surface area contributed by atoms with E-state index in [9.17, 15) is 14.7 Å². The molecule has 1 aliphatic rings. The van der Waals surface area contributed by atoms with Crippen LogP contribution in [-0.2, 0) is 17.6 Å². The van der Waals surface area contributed by atoms with Gasteiger partial charge in [0.1, 0.15) is 12.1 Å². The third kappa shape index (κ3) is 6.59. The molecule has 2 aromatic carbocycles. The molecule has 11 nitrogen and oxygen atoms in total. The molecule has 0 aliphatic heterocycles. The molecule has 3 aromatic heterocycles. The molecule has 44 heavy (non-hydrogen) atoms. The van der Waals surface area contributed by atoms with Crippen LogP contribution in [0.25, 0.3) is 28.3 Å².